The summed E-state index contributed by atoms with van der Waals surface area (Å²) >= 11 is 0. The lowest BCUT2D eigenvalue weighted by Crippen LogP contribution is -2.30. The summed E-state index contributed by atoms with van der Waals surface area (Å²) in [4.78, 5) is 38.1. The lowest BCUT2D eigenvalue weighted by atomic mass is 10.0. The molecule has 6 nitrogen and oxygen atoms in total. The third-order valence-electron chi connectivity index (χ3n) is 12.8. The standard InChI is InChI=1S/C66H112O6/c1-4-7-10-13-16-19-21-23-25-27-29-31-32-33-34-36-37-39-41-43-45-47-50-53-56-59-65(68)71-62-63(61-70-64(67)58-55-52-49-18-15-12-9-6-3)72-66(69)60-57-54-51-48-46-44-42-40-38-35-30-28-26-24-22-20-17-14-11-8-5-2/h7-8,10-11,16-17,19-20,23-26,29-31,35,63H,4-6,9,12-15,18,21-22,27-28,32-34,36-62H2,1-3H3/b10-7-,11-8-,19-16-,20-17-,25-23-,26-24-,31-29-,35-30-. The Kier molecular flexibility index (Phi) is 56.8. The van der Waals surface area contributed by atoms with E-state index >= 15 is 0 Å². The second kappa shape index (κ2) is 59.9. The number of carbonyl (C=O) groups excluding carboxylic acids is 3. The molecule has 0 aromatic carbocycles. The summed E-state index contributed by atoms with van der Waals surface area (Å²) in [6.45, 7) is 6.39. The van der Waals surface area contributed by atoms with Crippen molar-refractivity contribution in [3.8, 4) is 0 Å². The third kappa shape index (κ3) is 57.2. The number of carbonyl (C=O) groups is 3. The predicted octanol–water partition coefficient (Wildman–Crippen LogP) is 20.5. The molecule has 0 bridgehead atoms. The molecular weight excluding hydrogens is 889 g/mol. The Morgan fingerprint density at radius 1 is 0.292 bits per heavy atom. The molecule has 0 heterocycles. The molecular formula is C66H112O6. The Labute approximate surface area is 445 Å². The maximum atomic E-state index is 12.9. The summed E-state index contributed by atoms with van der Waals surface area (Å²) in [7, 11) is 0. The highest BCUT2D eigenvalue weighted by molar-refractivity contribution is 5.71. The van der Waals surface area contributed by atoms with E-state index in [4.69, 9.17) is 14.2 Å². The number of rotatable bonds is 54. The zero-order valence-corrected chi connectivity index (χ0v) is 47.2. The van der Waals surface area contributed by atoms with Crippen LogP contribution in [0.3, 0.4) is 0 Å². The van der Waals surface area contributed by atoms with Crippen molar-refractivity contribution in [1.82, 2.24) is 0 Å². The second-order valence-electron chi connectivity index (χ2n) is 19.9. The van der Waals surface area contributed by atoms with Gasteiger partial charge in [0.2, 0.25) is 0 Å². The highest BCUT2D eigenvalue weighted by Crippen LogP contribution is 2.16. The molecule has 1 atom stereocenters. The normalized spacial score (nSPS) is 12.8. The van der Waals surface area contributed by atoms with Gasteiger partial charge in [0, 0.05) is 19.3 Å². The first kappa shape index (κ1) is 68.3. The average molecular weight is 1000 g/mol. The minimum Gasteiger partial charge on any atom is -0.462 e. The molecule has 0 saturated heterocycles. The van der Waals surface area contributed by atoms with Gasteiger partial charge in [-0.3, -0.25) is 14.4 Å². The highest BCUT2D eigenvalue weighted by atomic mass is 16.6. The van der Waals surface area contributed by atoms with E-state index in [1.807, 2.05) is 0 Å². The zero-order valence-electron chi connectivity index (χ0n) is 47.2. The first-order valence-corrected chi connectivity index (χ1v) is 30.2. The van der Waals surface area contributed by atoms with E-state index in [0.29, 0.717) is 19.3 Å². The fourth-order valence-corrected chi connectivity index (χ4v) is 8.37. The molecule has 0 aliphatic carbocycles. The van der Waals surface area contributed by atoms with Crippen molar-refractivity contribution in [2.75, 3.05) is 13.2 Å². The molecule has 1 unspecified atom stereocenters. The molecule has 0 aromatic heterocycles. The average Bonchev–Trinajstić information content (AvgIpc) is 3.38. The van der Waals surface area contributed by atoms with Crippen molar-refractivity contribution >= 4 is 17.9 Å². The molecule has 0 N–H and O–H groups in total. The fourth-order valence-electron chi connectivity index (χ4n) is 8.37. The third-order valence-corrected chi connectivity index (χ3v) is 12.8. The van der Waals surface area contributed by atoms with E-state index < -0.39 is 6.10 Å². The van der Waals surface area contributed by atoms with Gasteiger partial charge in [-0.05, 0) is 96.3 Å². The molecule has 72 heavy (non-hydrogen) atoms. The Morgan fingerprint density at radius 3 is 0.847 bits per heavy atom. The first-order chi connectivity index (χ1) is 35.5. The van der Waals surface area contributed by atoms with Crippen LogP contribution in [-0.2, 0) is 28.6 Å². The minimum atomic E-state index is -0.781. The number of allylic oxidation sites excluding steroid dienone is 16. The lowest BCUT2D eigenvalue weighted by Gasteiger charge is -2.18. The highest BCUT2D eigenvalue weighted by Gasteiger charge is 2.19. The van der Waals surface area contributed by atoms with Crippen LogP contribution in [0.25, 0.3) is 0 Å². The van der Waals surface area contributed by atoms with Gasteiger partial charge in [0.1, 0.15) is 13.2 Å². The Bertz CT molecular complexity index is 1430. The molecule has 0 radical (unpaired) electrons. The van der Waals surface area contributed by atoms with Gasteiger partial charge in [-0.25, -0.2) is 0 Å². The molecule has 0 aliphatic rings. The largest absolute Gasteiger partial charge is 0.462 e. The van der Waals surface area contributed by atoms with E-state index in [0.717, 1.165) is 116 Å². The van der Waals surface area contributed by atoms with E-state index in [2.05, 4.69) is 118 Å². The van der Waals surface area contributed by atoms with Crippen molar-refractivity contribution in [3.63, 3.8) is 0 Å². The molecule has 0 spiro atoms. The smallest absolute Gasteiger partial charge is 0.306 e. The van der Waals surface area contributed by atoms with Crippen LogP contribution in [0.1, 0.15) is 284 Å². The van der Waals surface area contributed by atoms with Crippen LogP contribution in [0.2, 0.25) is 0 Å². The number of ether oxygens (including phenoxy) is 3. The predicted molar refractivity (Wildman–Crippen MR) is 311 cm³/mol. The quantitative estimate of drug-likeness (QED) is 0.0261. The summed E-state index contributed by atoms with van der Waals surface area (Å²) in [5.74, 6) is -0.888. The monoisotopic (exact) mass is 1000 g/mol. The van der Waals surface area contributed by atoms with Crippen LogP contribution in [0, 0.1) is 0 Å². The van der Waals surface area contributed by atoms with E-state index in [9.17, 15) is 14.4 Å². The summed E-state index contributed by atoms with van der Waals surface area (Å²) in [6, 6.07) is 0. The van der Waals surface area contributed by atoms with Gasteiger partial charge >= 0.3 is 17.9 Å². The van der Waals surface area contributed by atoms with Gasteiger partial charge in [-0.2, -0.15) is 0 Å². The van der Waals surface area contributed by atoms with Crippen molar-refractivity contribution in [2.24, 2.45) is 0 Å². The van der Waals surface area contributed by atoms with E-state index in [1.165, 1.54) is 128 Å². The van der Waals surface area contributed by atoms with Crippen LogP contribution >= 0.6 is 0 Å². The van der Waals surface area contributed by atoms with Crippen LogP contribution in [0.5, 0.6) is 0 Å². The molecule has 0 aliphatic heterocycles. The maximum Gasteiger partial charge on any atom is 0.306 e. The lowest BCUT2D eigenvalue weighted by molar-refractivity contribution is -0.167. The fraction of sp³-hybridized carbons (Fsp3) is 0.712. The van der Waals surface area contributed by atoms with Crippen molar-refractivity contribution in [1.29, 1.82) is 0 Å². The molecule has 0 saturated carbocycles. The molecule has 412 valence electrons. The SMILES string of the molecule is CC/C=C\C/C=C\C/C=C\C/C=C\CCCCCCCCCCCCCCC(=O)OCC(COC(=O)CCCCCCCCCC)OC(=O)CCCCCCCCCC/C=C\C/C=C\C/C=C\C/C=C\CC. The van der Waals surface area contributed by atoms with Gasteiger partial charge < -0.3 is 14.2 Å². The molecule has 0 rings (SSSR count). The minimum absolute atomic E-state index is 0.0795. The van der Waals surface area contributed by atoms with Gasteiger partial charge in [-0.1, -0.05) is 266 Å². The molecule has 6 heteroatoms. The summed E-state index contributed by atoms with van der Waals surface area (Å²) in [6.07, 6.45) is 79.9. The van der Waals surface area contributed by atoms with Crippen LogP contribution in [0.15, 0.2) is 97.2 Å². The van der Waals surface area contributed by atoms with Gasteiger partial charge in [-0.15, -0.1) is 0 Å². The van der Waals surface area contributed by atoms with E-state index in [1.54, 1.807) is 0 Å². The molecule has 0 fully saturated rings. The maximum absolute atomic E-state index is 12.9. The van der Waals surface area contributed by atoms with Crippen molar-refractivity contribution in [2.45, 2.75) is 290 Å². The summed E-state index contributed by atoms with van der Waals surface area (Å²) in [5.41, 5.74) is 0. The van der Waals surface area contributed by atoms with Crippen LogP contribution in [-0.4, -0.2) is 37.2 Å². The number of unbranched alkanes of at least 4 members (excludes halogenated alkanes) is 27. The van der Waals surface area contributed by atoms with Gasteiger partial charge in [0.15, 0.2) is 6.10 Å². The second-order valence-corrected chi connectivity index (χ2v) is 19.9. The van der Waals surface area contributed by atoms with Crippen molar-refractivity contribution < 1.29 is 28.6 Å². The number of hydrogen-bond donors (Lipinski definition) is 0. The topological polar surface area (TPSA) is 78.9 Å². The molecule has 0 amide bonds. The van der Waals surface area contributed by atoms with Crippen LogP contribution in [0.4, 0.5) is 0 Å². The Hall–Kier alpha value is -3.67. The van der Waals surface area contributed by atoms with Gasteiger partial charge in [0.25, 0.3) is 0 Å². The van der Waals surface area contributed by atoms with Crippen molar-refractivity contribution in [3.05, 3.63) is 97.2 Å². The summed E-state index contributed by atoms with van der Waals surface area (Å²) in [5, 5.41) is 0. The van der Waals surface area contributed by atoms with Crippen LogP contribution < -0.4 is 0 Å². The Balaban J connectivity index is 4.21. The summed E-state index contributed by atoms with van der Waals surface area (Å²) < 4.78 is 16.8. The van der Waals surface area contributed by atoms with E-state index in [-0.39, 0.29) is 31.1 Å². The zero-order chi connectivity index (χ0) is 52.2. The molecule has 0 aromatic rings. The van der Waals surface area contributed by atoms with Gasteiger partial charge in [0.05, 0.1) is 0 Å². The number of esters is 3. The number of hydrogen-bond acceptors (Lipinski definition) is 6. The first-order valence-electron chi connectivity index (χ1n) is 30.2. The Morgan fingerprint density at radius 2 is 0.542 bits per heavy atom.